The van der Waals surface area contributed by atoms with Gasteiger partial charge in [-0.2, -0.15) is 0 Å². The number of rotatable bonds is 12. The second-order valence-corrected chi connectivity index (χ2v) is 9.13. The standard InChI is InChI=1S/C30H33NO7/c1-19(29-26(35-2)16-20(17-27(29)36-3)37-15-9-8-14-28(32)33)31-30(34)38-18-25-23-12-6-4-10-21(23)22-11-5-7-13-24(22)25/h4-7,10-13,16-17,19,25H,8-9,14-15,18H2,1-3H3,(H,31,34)(H,32,33). The molecule has 2 N–H and O–H groups in total. The zero-order valence-electron chi connectivity index (χ0n) is 21.9. The normalized spacial score (nSPS) is 12.7. The molecule has 8 nitrogen and oxygen atoms in total. The van der Waals surface area contributed by atoms with E-state index in [0.29, 0.717) is 42.3 Å². The average molecular weight is 520 g/mol. The quantitative estimate of drug-likeness (QED) is 0.286. The van der Waals surface area contributed by atoms with E-state index in [4.69, 9.17) is 24.1 Å². The summed E-state index contributed by atoms with van der Waals surface area (Å²) in [5.74, 6) is 0.675. The van der Waals surface area contributed by atoms with Crippen molar-refractivity contribution in [1.29, 1.82) is 0 Å². The molecule has 8 heteroatoms. The monoisotopic (exact) mass is 519 g/mol. The van der Waals surface area contributed by atoms with E-state index in [1.54, 1.807) is 12.1 Å². The van der Waals surface area contributed by atoms with Gasteiger partial charge in [-0.1, -0.05) is 48.5 Å². The van der Waals surface area contributed by atoms with Gasteiger partial charge in [0.15, 0.2) is 0 Å². The zero-order valence-corrected chi connectivity index (χ0v) is 21.9. The maximum atomic E-state index is 12.8. The van der Waals surface area contributed by atoms with Crippen LogP contribution in [0.2, 0.25) is 0 Å². The Labute approximate surface area is 222 Å². The lowest BCUT2D eigenvalue weighted by Crippen LogP contribution is -2.29. The number of unbranched alkanes of at least 4 members (excludes halogenated alkanes) is 1. The number of carbonyl (C=O) groups excluding carboxylic acids is 1. The highest BCUT2D eigenvalue weighted by Crippen LogP contribution is 2.44. The van der Waals surface area contributed by atoms with Crippen LogP contribution in [0.3, 0.4) is 0 Å². The van der Waals surface area contributed by atoms with E-state index in [1.807, 2.05) is 31.2 Å². The minimum absolute atomic E-state index is 0.0283. The summed E-state index contributed by atoms with van der Waals surface area (Å²) in [6, 6.07) is 19.4. The Balaban J connectivity index is 1.40. The number of carboxylic acid groups (broad SMARTS) is 1. The number of ether oxygens (including phenoxy) is 4. The lowest BCUT2D eigenvalue weighted by molar-refractivity contribution is -0.137. The molecule has 1 atom stereocenters. The molecular weight excluding hydrogens is 486 g/mol. The maximum Gasteiger partial charge on any atom is 0.407 e. The van der Waals surface area contributed by atoms with E-state index < -0.39 is 18.1 Å². The summed E-state index contributed by atoms with van der Waals surface area (Å²) in [7, 11) is 3.07. The van der Waals surface area contributed by atoms with Gasteiger partial charge in [0.05, 0.1) is 32.4 Å². The van der Waals surface area contributed by atoms with Crippen molar-refractivity contribution in [2.75, 3.05) is 27.4 Å². The fourth-order valence-electron chi connectivity index (χ4n) is 4.88. The molecule has 1 aliphatic rings. The molecule has 0 heterocycles. The number of benzene rings is 3. The number of carbonyl (C=O) groups is 2. The number of aliphatic carboxylic acids is 1. The van der Waals surface area contributed by atoms with Gasteiger partial charge in [-0.25, -0.2) is 4.79 Å². The number of carboxylic acids is 1. The summed E-state index contributed by atoms with van der Waals surface area (Å²) in [6.07, 6.45) is 0.706. The van der Waals surface area contributed by atoms with Crippen molar-refractivity contribution in [3.05, 3.63) is 77.4 Å². The Bertz CT molecular complexity index is 1220. The van der Waals surface area contributed by atoms with Crippen molar-refractivity contribution in [2.24, 2.45) is 0 Å². The third-order valence-electron chi connectivity index (χ3n) is 6.68. The summed E-state index contributed by atoms with van der Waals surface area (Å²) in [5.41, 5.74) is 5.29. The van der Waals surface area contributed by atoms with E-state index in [2.05, 4.69) is 29.6 Å². The first-order chi connectivity index (χ1) is 18.4. The van der Waals surface area contributed by atoms with Crippen LogP contribution in [0.15, 0.2) is 60.7 Å². The summed E-state index contributed by atoms with van der Waals surface area (Å²) >= 11 is 0. The predicted octanol–water partition coefficient (Wildman–Crippen LogP) is 5.94. The Morgan fingerprint density at radius 1 is 0.921 bits per heavy atom. The number of fused-ring (bicyclic) bond motifs is 3. The molecule has 0 bridgehead atoms. The van der Waals surface area contributed by atoms with Crippen LogP contribution in [0.4, 0.5) is 4.79 Å². The van der Waals surface area contributed by atoms with Gasteiger partial charge in [0, 0.05) is 24.5 Å². The molecule has 4 rings (SSSR count). The van der Waals surface area contributed by atoms with Crippen molar-refractivity contribution >= 4 is 12.1 Å². The number of hydrogen-bond acceptors (Lipinski definition) is 6. The molecule has 0 aliphatic heterocycles. The molecule has 1 amide bonds. The molecule has 0 aromatic heterocycles. The highest BCUT2D eigenvalue weighted by molar-refractivity contribution is 5.79. The minimum Gasteiger partial charge on any atom is -0.496 e. The number of methoxy groups -OCH3 is 2. The smallest absolute Gasteiger partial charge is 0.407 e. The molecule has 38 heavy (non-hydrogen) atoms. The van der Waals surface area contributed by atoms with Crippen molar-refractivity contribution < 1.29 is 33.6 Å². The molecule has 0 saturated heterocycles. The zero-order chi connectivity index (χ0) is 27.1. The van der Waals surface area contributed by atoms with Gasteiger partial charge in [0.25, 0.3) is 0 Å². The van der Waals surface area contributed by atoms with Crippen LogP contribution < -0.4 is 19.5 Å². The molecule has 3 aromatic carbocycles. The Morgan fingerprint density at radius 2 is 1.50 bits per heavy atom. The highest BCUT2D eigenvalue weighted by atomic mass is 16.5. The number of amides is 1. The molecule has 3 aromatic rings. The largest absolute Gasteiger partial charge is 0.496 e. The topological polar surface area (TPSA) is 103 Å². The van der Waals surface area contributed by atoms with E-state index in [9.17, 15) is 9.59 Å². The average Bonchev–Trinajstić information content (AvgIpc) is 3.24. The summed E-state index contributed by atoms with van der Waals surface area (Å²) in [4.78, 5) is 23.5. The first-order valence-electron chi connectivity index (χ1n) is 12.6. The van der Waals surface area contributed by atoms with Crippen LogP contribution in [-0.2, 0) is 9.53 Å². The summed E-state index contributed by atoms with van der Waals surface area (Å²) in [5, 5.41) is 11.7. The molecule has 0 fully saturated rings. The first-order valence-corrected chi connectivity index (χ1v) is 12.6. The minimum atomic E-state index is -0.824. The SMILES string of the molecule is COc1cc(OCCCCC(=O)O)cc(OC)c1C(C)NC(=O)OCC1c2ccccc2-c2ccccc21. The molecule has 0 radical (unpaired) electrons. The van der Waals surface area contributed by atoms with Crippen molar-refractivity contribution in [3.8, 4) is 28.4 Å². The predicted molar refractivity (Wildman–Crippen MR) is 143 cm³/mol. The van der Waals surface area contributed by atoms with Crippen LogP contribution in [0.1, 0.15) is 54.8 Å². The Morgan fingerprint density at radius 3 is 2.05 bits per heavy atom. The molecule has 1 aliphatic carbocycles. The number of alkyl carbamates (subject to hydrolysis) is 1. The fraction of sp³-hybridized carbons (Fsp3) is 0.333. The number of hydrogen-bond donors (Lipinski definition) is 2. The van der Waals surface area contributed by atoms with Crippen LogP contribution in [-0.4, -0.2) is 44.6 Å². The maximum absolute atomic E-state index is 12.8. The Hall–Kier alpha value is -4.20. The highest BCUT2D eigenvalue weighted by Gasteiger charge is 2.29. The first kappa shape index (κ1) is 26.9. The van der Waals surface area contributed by atoms with Crippen LogP contribution in [0, 0.1) is 0 Å². The van der Waals surface area contributed by atoms with Gasteiger partial charge < -0.3 is 29.4 Å². The van der Waals surface area contributed by atoms with Crippen molar-refractivity contribution in [3.63, 3.8) is 0 Å². The van der Waals surface area contributed by atoms with Crippen molar-refractivity contribution in [2.45, 2.75) is 38.1 Å². The van der Waals surface area contributed by atoms with E-state index in [1.165, 1.54) is 25.3 Å². The van der Waals surface area contributed by atoms with Gasteiger partial charge in [-0.3, -0.25) is 4.79 Å². The molecule has 200 valence electrons. The molecule has 0 spiro atoms. The van der Waals surface area contributed by atoms with E-state index in [0.717, 1.165) is 11.1 Å². The summed E-state index contributed by atoms with van der Waals surface area (Å²) < 4.78 is 22.6. The second kappa shape index (κ2) is 12.4. The molecule has 0 saturated carbocycles. The second-order valence-electron chi connectivity index (χ2n) is 9.13. The van der Waals surface area contributed by atoms with Crippen LogP contribution in [0.25, 0.3) is 11.1 Å². The van der Waals surface area contributed by atoms with Crippen LogP contribution >= 0.6 is 0 Å². The lowest BCUT2D eigenvalue weighted by Gasteiger charge is -2.22. The summed E-state index contributed by atoms with van der Waals surface area (Å²) in [6.45, 7) is 2.41. The van der Waals surface area contributed by atoms with Gasteiger partial charge in [-0.05, 0) is 42.0 Å². The third kappa shape index (κ3) is 6.02. The number of nitrogens with one attached hydrogen (secondary N) is 1. The van der Waals surface area contributed by atoms with E-state index in [-0.39, 0.29) is 18.9 Å². The lowest BCUT2D eigenvalue weighted by atomic mass is 9.98. The van der Waals surface area contributed by atoms with Crippen molar-refractivity contribution in [1.82, 2.24) is 5.32 Å². The van der Waals surface area contributed by atoms with Gasteiger partial charge in [0.2, 0.25) is 0 Å². The van der Waals surface area contributed by atoms with Gasteiger partial charge >= 0.3 is 12.1 Å². The Kier molecular flexibility index (Phi) is 8.73. The van der Waals surface area contributed by atoms with Gasteiger partial charge in [-0.15, -0.1) is 0 Å². The fourth-order valence-corrected chi connectivity index (χ4v) is 4.88. The third-order valence-corrected chi connectivity index (χ3v) is 6.68. The van der Waals surface area contributed by atoms with Crippen LogP contribution in [0.5, 0.6) is 17.2 Å². The van der Waals surface area contributed by atoms with E-state index >= 15 is 0 Å². The molecular formula is C30H33NO7. The molecule has 1 unspecified atom stereocenters. The van der Waals surface area contributed by atoms with Gasteiger partial charge in [0.1, 0.15) is 23.9 Å².